The highest BCUT2D eigenvalue weighted by Gasteiger charge is 2.29. The maximum Gasteiger partial charge on any atom is 0.0462 e. The Hall–Kier alpha value is -1.19. The van der Waals surface area contributed by atoms with Gasteiger partial charge in [0.2, 0.25) is 0 Å². The lowest BCUT2D eigenvalue weighted by Crippen LogP contribution is -2.41. The van der Waals surface area contributed by atoms with E-state index < -0.39 is 0 Å². The largest absolute Gasteiger partial charge is 0.361 e. The highest BCUT2D eigenvalue weighted by molar-refractivity contribution is 7.80. The number of hydrogen-bond donors (Lipinski definition) is 3. The Morgan fingerprint density at radius 1 is 1.33 bits per heavy atom. The van der Waals surface area contributed by atoms with E-state index in [-0.39, 0.29) is 0 Å². The van der Waals surface area contributed by atoms with Crippen LogP contribution in [-0.4, -0.2) is 23.3 Å². The Kier molecular flexibility index (Phi) is 2.32. The first kappa shape index (κ1) is 10.7. The fraction of sp³-hybridized carbons (Fsp3) is 0.333. The van der Waals surface area contributed by atoms with Crippen molar-refractivity contribution in [3.63, 3.8) is 0 Å². The second-order valence-electron chi connectivity index (χ2n) is 5.27. The van der Waals surface area contributed by atoms with Crippen molar-refractivity contribution >= 4 is 29.1 Å². The molecule has 1 aliphatic carbocycles. The summed E-state index contributed by atoms with van der Waals surface area (Å²) in [7, 11) is 0. The molecule has 2 N–H and O–H groups in total. The van der Waals surface area contributed by atoms with E-state index in [9.17, 15) is 0 Å². The van der Waals surface area contributed by atoms with Crippen LogP contribution in [0.1, 0.15) is 11.1 Å². The van der Waals surface area contributed by atoms with E-state index in [0.29, 0.717) is 12.0 Å². The smallest absolute Gasteiger partial charge is 0.0462 e. The van der Waals surface area contributed by atoms with Crippen LogP contribution in [0.2, 0.25) is 0 Å². The van der Waals surface area contributed by atoms with Crippen LogP contribution in [-0.2, 0) is 6.42 Å². The van der Waals surface area contributed by atoms with E-state index in [1.54, 1.807) is 0 Å². The van der Waals surface area contributed by atoms with Gasteiger partial charge in [-0.05, 0) is 40.9 Å². The molecule has 18 heavy (non-hydrogen) atoms. The Balaban J connectivity index is 1.97. The van der Waals surface area contributed by atoms with Gasteiger partial charge in [-0.25, -0.2) is 0 Å². The van der Waals surface area contributed by atoms with Gasteiger partial charge in [0, 0.05) is 29.7 Å². The summed E-state index contributed by atoms with van der Waals surface area (Å²) in [4.78, 5) is 3.38. The second-order valence-corrected chi connectivity index (χ2v) is 5.64. The average molecular weight is 256 g/mol. The van der Waals surface area contributed by atoms with Crippen molar-refractivity contribution in [3.8, 4) is 0 Å². The van der Waals surface area contributed by atoms with Crippen molar-refractivity contribution in [2.45, 2.75) is 12.5 Å². The van der Waals surface area contributed by atoms with Crippen molar-refractivity contribution in [2.24, 2.45) is 5.92 Å². The number of fused-ring (bicyclic) bond motifs is 2. The number of aromatic amines is 1. The van der Waals surface area contributed by atoms with Crippen molar-refractivity contribution in [1.82, 2.24) is 10.3 Å². The van der Waals surface area contributed by atoms with Crippen LogP contribution in [0.25, 0.3) is 16.5 Å². The van der Waals surface area contributed by atoms with Gasteiger partial charge in [0.1, 0.15) is 0 Å². The molecule has 0 saturated heterocycles. The molecule has 3 heteroatoms. The molecule has 0 saturated carbocycles. The van der Waals surface area contributed by atoms with E-state index >= 15 is 0 Å². The summed E-state index contributed by atoms with van der Waals surface area (Å²) in [6, 6.07) is 7.04. The van der Waals surface area contributed by atoms with E-state index in [2.05, 4.69) is 53.4 Å². The lowest BCUT2D eigenvalue weighted by Gasteiger charge is -2.33. The number of benzene rings is 1. The van der Waals surface area contributed by atoms with Gasteiger partial charge in [-0.3, -0.25) is 0 Å². The van der Waals surface area contributed by atoms with Gasteiger partial charge in [0.05, 0.1) is 0 Å². The van der Waals surface area contributed by atoms with Crippen LogP contribution in [0.15, 0.2) is 30.5 Å². The molecule has 0 bridgehead atoms. The van der Waals surface area contributed by atoms with Crippen LogP contribution in [0.3, 0.4) is 0 Å². The summed E-state index contributed by atoms with van der Waals surface area (Å²) in [5, 5.41) is 5.08. The third-order valence-corrected chi connectivity index (χ3v) is 4.64. The van der Waals surface area contributed by atoms with Gasteiger partial charge in [-0.2, -0.15) is 12.6 Å². The van der Waals surface area contributed by atoms with Gasteiger partial charge in [0.15, 0.2) is 0 Å². The SMILES string of the molecule is SCC1C=C2c3cccc4[nH]cc(c34)C[C@H]2NC1. The molecule has 92 valence electrons. The minimum absolute atomic E-state index is 0.482. The monoisotopic (exact) mass is 256 g/mol. The Labute approximate surface area is 112 Å². The van der Waals surface area contributed by atoms with Crippen molar-refractivity contribution < 1.29 is 0 Å². The van der Waals surface area contributed by atoms with Crippen molar-refractivity contribution in [1.29, 1.82) is 0 Å². The number of nitrogens with one attached hydrogen (secondary N) is 2. The first-order valence-electron chi connectivity index (χ1n) is 6.52. The summed E-state index contributed by atoms with van der Waals surface area (Å²) in [6.07, 6.45) is 5.69. The zero-order valence-corrected chi connectivity index (χ0v) is 11.0. The Morgan fingerprint density at radius 2 is 2.28 bits per heavy atom. The highest BCUT2D eigenvalue weighted by atomic mass is 32.1. The first-order valence-corrected chi connectivity index (χ1v) is 7.15. The molecule has 1 aromatic heterocycles. The minimum atomic E-state index is 0.482. The summed E-state index contributed by atoms with van der Waals surface area (Å²) in [5.41, 5.74) is 5.58. The third kappa shape index (κ3) is 1.41. The fourth-order valence-corrected chi connectivity index (χ4v) is 3.52. The number of aromatic nitrogens is 1. The van der Waals surface area contributed by atoms with Gasteiger partial charge < -0.3 is 10.3 Å². The van der Waals surface area contributed by atoms with Crippen LogP contribution < -0.4 is 5.32 Å². The number of H-pyrrole nitrogens is 1. The highest BCUT2D eigenvalue weighted by Crippen LogP contribution is 2.38. The Morgan fingerprint density at radius 3 is 3.17 bits per heavy atom. The van der Waals surface area contributed by atoms with E-state index in [1.807, 2.05) is 0 Å². The number of thiol groups is 1. The van der Waals surface area contributed by atoms with Crippen LogP contribution >= 0.6 is 12.6 Å². The van der Waals surface area contributed by atoms with Gasteiger partial charge in [-0.15, -0.1) is 0 Å². The molecule has 0 spiro atoms. The summed E-state index contributed by atoms with van der Waals surface area (Å²) in [5.74, 6) is 1.47. The molecule has 1 aromatic carbocycles. The molecule has 0 amide bonds. The third-order valence-electron chi connectivity index (χ3n) is 4.17. The number of hydrogen-bond acceptors (Lipinski definition) is 2. The molecular weight excluding hydrogens is 240 g/mol. The zero-order valence-electron chi connectivity index (χ0n) is 10.1. The molecule has 2 aliphatic rings. The molecule has 0 radical (unpaired) electrons. The molecule has 0 fully saturated rings. The van der Waals surface area contributed by atoms with Crippen molar-refractivity contribution in [2.75, 3.05) is 12.3 Å². The normalized spacial score (nSPS) is 25.9. The van der Waals surface area contributed by atoms with Crippen molar-refractivity contribution in [3.05, 3.63) is 41.6 Å². The van der Waals surface area contributed by atoms with Crippen LogP contribution in [0, 0.1) is 5.92 Å². The molecule has 1 aliphatic heterocycles. The minimum Gasteiger partial charge on any atom is -0.361 e. The lowest BCUT2D eigenvalue weighted by molar-refractivity contribution is 0.521. The molecule has 2 atom stereocenters. The fourth-order valence-electron chi connectivity index (χ4n) is 3.29. The van der Waals surface area contributed by atoms with E-state index in [4.69, 9.17) is 0 Å². The first-order chi connectivity index (χ1) is 8.86. The molecule has 2 nitrogen and oxygen atoms in total. The second kappa shape index (κ2) is 3.90. The molecule has 4 rings (SSSR count). The van der Waals surface area contributed by atoms with Crippen LogP contribution in [0.5, 0.6) is 0 Å². The van der Waals surface area contributed by atoms with Gasteiger partial charge >= 0.3 is 0 Å². The molecule has 2 aromatic rings. The summed E-state index contributed by atoms with van der Waals surface area (Å²) in [6.45, 7) is 1.05. The number of rotatable bonds is 1. The van der Waals surface area contributed by atoms with Crippen LogP contribution in [0.4, 0.5) is 0 Å². The molecular formula is C15H16N2S. The molecule has 2 heterocycles. The maximum absolute atomic E-state index is 4.43. The molecule has 1 unspecified atom stereocenters. The summed E-state index contributed by atoms with van der Waals surface area (Å²) >= 11 is 4.43. The topological polar surface area (TPSA) is 27.8 Å². The lowest BCUT2D eigenvalue weighted by atomic mass is 9.81. The predicted molar refractivity (Wildman–Crippen MR) is 79.1 cm³/mol. The summed E-state index contributed by atoms with van der Waals surface area (Å²) < 4.78 is 0. The van der Waals surface area contributed by atoms with E-state index in [1.165, 1.54) is 27.6 Å². The standard InChI is InChI=1S/C15H16N2S/c18-8-9-4-12-11-2-1-3-13-15(11)10(7-17-13)5-14(12)16-6-9/h1-4,7,9,14,16-18H,5-6,8H2/t9?,14-/m1/s1. The van der Waals surface area contributed by atoms with Gasteiger partial charge in [0.25, 0.3) is 0 Å². The quantitative estimate of drug-likeness (QED) is 0.672. The van der Waals surface area contributed by atoms with E-state index in [0.717, 1.165) is 18.7 Å². The maximum atomic E-state index is 4.43. The zero-order chi connectivity index (χ0) is 12.1. The average Bonchev–Trinajstić information content (AvgIpc) is 2.83. The Bertz CT molecular complexity index is 641. The van der Waals surface area contributed by atoms with Gasteiger partial charge in [-0.1, -0.05) is 18.2 Å². The predicted octanol–water partition coefficient (Wildman–Crippen LogP) is 2.63.